The molecule has 102 valence electrons. The maximum absolute atomic E-state index is 9.53. The zero-order valence-electron chi connectivity index (χ0n) is 11.3. The Morgan fingerprint density at radius 1 is 1.37 bits per heavy atom. The maximum atomic E-state index is 9.53. The summed E-state index contributed by atoms with van der Waals surface area (Å²) in [6.07, 6.45) is 1.66. The zero-order chi connectivity index (χ0) is 13.7. The number of ether oxygens (including phenoxy) is 1. The van der Waals surface area contributed by atoms with Crippen LogP contribution in [0, 0.1) is 12.8 Å². The number of rotatable bonds is 6. The fraction of sp³-hybridized carbons (Fsp3) is 0.400. The van der Waals surface area contributed by atoms with E-state index in [1.54, 1.807) is 18.4 Å². The molecule has 0 radical (unpaired) electrons. The van der Waals surface area contributed by atoms with Crippen molar-refractivity contribution in [2.24, 2.45) is 5.92 Å². The Labute approximate surface area is 117 Å². The number of hydrogen-bond donors (Lipinski definition) is 1. The quantitative estimate of drug-likeness (QED) is 0.883. The van der Waals surface area contributed by atoms with Gasteiger partial charge in [0.2, 0.25) is 0 Å². The molecule has 4 heteroatoms. The van der Waals surface area contributed by atoms with Gasteiger partial charge < -0.3 is 9.84 Å². The number of benzene rings is 1. The molecule has 0 fully saturated rings. The van der Waals surface area contributed by atoms with Crippen molar-refractivity contribution in [3.8, 4) is 5.75 Å². The summed E-state index contributed by atoms with van der Waals surface area (Å²) in [6, 6.07) is 8.00. The molecule has 1 aromatic heterocycles. The van der Waals surface area contributed by atoms with Crippen molar-refractivity contribution in [1.29, 1.82) is 0 Å². The van der Waals surface area contributed by atoms with Gasteiger partial charge in [-0.05, 0) is 43.4 Å². The topological polar surface area (TPSA) is 42.4 Å². The molecular formula is C15H19NO2S. The van der Waals surface area contributed by atoms with Gasteiger partial charge >= 0.3 is 0 Å². The maximum Gasteiger partial charge on any atom is 0.119 e. The third-order valence-corrected chi connectivity index (χ3v) is 3.90. The highest BCUT2D eigenvalue weighted by Crippen LogP contribution is 2.19. The molecule has 1 atom stereocenters. The van der Waals surface area contributed by atoms with Crippen molar-refractivity contribution in [3.05, 3.63) is 45.9 Å². The molecule has 0 spiro atoms. The van der Waals surface area contributed by atoms with E-state index < -0.39 is 0 Å². The predicted molar refractivity (Wildman–Crippen MR) is 77.8 cm³/mol. The van der Waals surface area contributed by atoms with Gasteiger partial charge in [-0.3, -0.25) is 0 Å². The van der Waals surface area contributed by atoms with Gasteiger partial charge in [0.05, 0.1) is 17.8 Å². The normalized spacial score (nSPS) is 12.4. The van der Waals surface area contributed by atoms with Crippen LogP contribution in [0.2, 0.25) is 0 Å². The van der Waals surface area contributed by atoms with Crippen LogP contribution in [0.5, 0.6) is 5.75 Å². The fourth-order valence-corrected chi connectivity index (χ4v) is 2.76. The van der Waals surface area contributed by atoms with E-state index in [2.05, 4.69) is 16.4 Å². The zero-order valence-corrected chi connectivity index (χ0v) is 12.1. The number of nitrogens with zero attached hydrogens (tertiary/aromatic N) is 1. The summed E-state index contributed by atoms with van der Waals surface area (Å²) in [5, 5.41) is 12.7. The highest BCUT2D eigenvalue weighted by Gasteiger charge is 2.12. The highest BCUT2D eigenvalue weighted by atomic mass is 32.1. The van der Waals surface area contributed by atoms with E-state index in [1.807, 2.05) is 25.1 Å². The third-order valence-electron chi connectivity index (χ3n) is 3.08. The molecular weight excluding hydrogens is 258 g/mol. The lowest BCUT2D eigenvalue weighted by Gasteiger charge is -2.13. The summed E-state index contributed by atoms with van der Waals surface area (Å²) < 4.78 is 5.22. The predicted octanol–water partition coefficient (Wildman–Crippen LogP) is 2.85. The summed E-state index contributed by atoms with van der Waals surface area (Å²) in [7, 11) is 1.67. The molecule has 0 saturated carbocycles. The summed E-state index contributed by atoms with van der Waals surface area (Å²) in [5.41, 5.74) is 2.26. The van der Waals surface area contributed by atoms with Gasteiger partial charge in [0.15, 0.2) is 0 Å². The SMILES string of the molecule is COc1cccc(CC(CO)Cc2csc(C)n2)c1. The minimum absolute atomic E-state index is 0.174. The Bertz CT molecular complexity index is 524. The molecule has 1 heterocycles. The van der Waals surface area contributed by atoms with Crippen LogP contribution in [0.3, 0.4) is 0 Å². The van der Waals surface area contributed by atoms with Crippen molar-refractivity contribution in [1.82, 2.24) is 4.98 Å². The van der Waals surface area contributed by atoms with Crippen LogP contribution in [0.1, 0.15) is 16.3 Å². The Hall–Kier alpha value is -1.39. The summed E-state index contributed by atoms with van der Waals surface area (Å²) in [5.74, 6) is 1.06. The van der Waals surface area contributed by atoms with E-state index in [9.17, 15) is 5.11 Å². The summed E-state index contributed by atoms with van der Waals surface area (Å²) in [4.78, 5) is 4.46. The fourth-order valence-electron chi connectivity index (χ4n) is 2.13. The van der Waals surface area contributed by atoms with Gasteiger partial charge in [-0.15, -0.1) is 11.3 Å². The number of aromatic nitrogens is 1. The van der Waals surface area contributed by atoms with Gasteiger partial charge in [0.1, 0.15) is 5.75 Å². The van der Waals surface area contributed by atoms with Crippen LogP contribution in [0.25, 0.3) is 0 Å². The van der Waals surface area contributed by atoms with Gasteiger partial charge in [-0.1, -0.05) is 12.1 Å². The number of aryl methyl sites for hydroxylation is 1. The first-order valence-electron chi connectivity index (χ1n) is 6.36. The number of aliphatic hydroxyl groups is 1. The molecule has 2 rings (SSSR count). The first kappa shape index (κ1) is 14.0. The van der Waals surface area contributed by atoms with Crippen LogP contribution in [0.15, 0.2) is 29.6 Å². The first-order chi connectivity index (χ1) is 9.21. The first-order valence-corrected chi connectivity index (χ1v) is 7.24. The van der Waals surface area contributed by atoms with Crippen LogP contribution < -0.4 is 4.74 Å². The van der Waals surface area contributed by atoms with Crippen molar-refractivity contribution in [2.45, 2.75) is 19.8 Å². The Morgan fingerprint density at radius 2 is 2.21 bits per heavy atom. The Balaban J connectivity index is 2.01. The molecule has 2 aromatic rings. The van der Waals surface area contributed by atoms with Crippen LogP contribution in [-0.4, -0.2) is 23.8 Å². The third kappa shape index (κ3) is 4.04. The second kappa shape index (κ2) is 6.68. The number of methoxy groups -OCH3 is 1. The second-order valence-corrected chi connectivity index (χ2v) is 5.73. The van der Waals surface area contributed by atoms with E-state index in [-0.39, 0.29) is 12.5 Å². The average Bonchev–Trinajstić information content (AvgIpc) is 2.83. The van der Waals surface area contributed by atoms with E-state index >= 15 is 0 Å². The summed E-state index contributed by atoms with van der Waals surface area (Å²) >= 11 is 1.66. The second-order valence-electron chi connectivity index (χ2n) is 4.67. The monoisotopic (exact) mass is 277 g/mol. The lowest BCUT2D eigenvalue weighted by atomic mass is 9.96. The lowest BCUT2D eigenvalue weighted by Crippen LogP contribution is -2.13. The molecule has 3 nitrogen and oxygen atoms in total. The van der Waals surface area contributed by atoms with Crippen LogP contribution >= 0.6 is 11.3 Å². The van der Waals surface area contributed by atoms with Crippen molar-refractivity contribution >= 4 is 11.3 Å². The van der Waals surface area contributed by atoms with Gasteiger partial charge in [-0.2, -0.15) is 0 Å². The Kier molecular flexibility index (Phi) is 4.93. The van der Waals surface area contributed by atoms with Gasteiger partial charge in [0, 0.05) is 12.0 Å². The molecule has 0 saturated heterocycles. The number of aliphatic hydroxyl groups excluding tert-OH is 1. The number of hydrogen-bond acceptors (Lipinski definition) is 4. The number of thiazole rings is 1. The van der Waals surface area contributed by atoms with Crippen molar-refractivity contribution in [3.63, 3.8) is 0 Å². The van der Waals surface area contributed by atoms with Crippen molar-refractivity contribution in [2.75, 3.05) is 13.7 Å². The molecule has 0 bridgehead atoms. The standard InChI is InChI=1S/C15H19NO2S/c1-11-16-14(10-19-11)7-13(9-17)6-12-4-3-5-15(8-12)18-2/h3-5,8,10,13,17H,6-7,9H2,1-2H3. The molecule has 19 heavy (non-hydrogen) atoms. The highest BCUT2D eigenvalue weighted by molar-refractivity contribution is 7.09. The van der Waals surface area contributed by atoms with Crippen LogP contribution in [-0.2, 0) is 12.8 Å². The molecule has 0 aliphatic carbocycles. The smallest absolute Gasteiger partial charge is 0.119 e. The molecule has 1 N–H and O–H groups in total. The van der Waals surface area contributed by atoms with Gasteiger partial charge in [0.25, 0.3) is 0 Å². The molecule has 0 aliphatic heterocycles. The molecule has 1 aromatic carbocycles. The van der Waals surface area contributed by atoms with Crippen molar-refractivity contribution < 1.29 is 9.84 Å². The average molecular weight is 277 g/mol. The van der Waals surface area contributed by atoms with E-state index in [1.165, 1.54) is 5.56 Å². The van der Waals surface area contributed by atoms with E-state index in [0.717, 1.165) is 29.3 Å². The molecule has 0 aliphatic rings. The van der Waals surface area contributed by atoms with E-state index in [4.69, 9.17) is 4.74 Å². The Morgan fingerprint density at radius 3 is 2.84 bits per heavy atom. The van der Waals surface area contributed by atoms with Gasteiger partial charge in [-0.25, -0.2) is 4.98 Å². The van der Waals surface area contributed by atoms with E-state index in [0.29, 0.717) is 0 Å². The van der Waals surface area contributed by atoms with Crippen LogP contribution in [0.4, 0.5) is 0 Å². The minimum atomic E-state index is 0.174. The molecule has 1 unspecified atom stereocenters. The molecule has 0 amide bonds. The lowest BCUT2D eigenvalue weighted by molar-refractivity contribution is 0.224. The summed E-state index contributed by atoms with van der Waals surface area (Å²) in [6.45, 7) is 2.18. The largest absolute Gasteiger partial charge is 0.497 e. The minimum Gasteiger partial charge on any atom is -0.497 e.